The van der Waals surface area contributed by atoms with Gasteiger partial charge in [0.1, 0.15) is 6.04 Å². The lowest BCUT2D eigenvalue weighted by atomic mass is 10.2. The van der Waals surface area contributed by atoms with Crippen LogP contribution in [0.15, 0.2) is 24.3 Å². The maximum absolute atomic E-state index is 11.8. The molecule has 1 rings (SSSR count). The molecule has 0 heterocycles. The third-order valence-electron chi connectivity index (χ3n) is 2.96. The van der Waals surface area contributed by atoms with E-state index in [9.17, 15) is 14.4 Å². The van der Waals surface area contributed by atoms with Gasteiger partial charge in [0.25, 0.3) is 0 Å². The highest BCUT2D eigenvalue weighted by Gasteiger charge is 2.18. The Bertz CT molecular complexity index is 528. The zero-order valence-corrected chi connectivity index (χ0v) is 12.2. The summed E-state index contributed by atoms with van der Waals surface area (Å²) in [6, 6.07) is 4.56. The number of amides is 3. The number of carbonyl (C=O) groups is 3. The summed E-state index contributed by atoms with van der Waals surface area (Å²) in [6.07, 6.45) is 0. The summed E-state index contributed by atoms with van der Waals surface area (Å²) < 4.78 is 0. The van der Waals surface area contributed by atoms with E-state index in [1.807, 2.05) is 6.92 Å². The number of nitrogens with one attached hydrogen (secondary N) is 2. The number of hydrogen-bond acceptors (Lipinski definition) is 3. The zero-order valence-electron chi connectivity index (χ0n) is 12.2. The van der Waals surface area contributed by atoms with E-state index in [0.717, 1.165) is 0 Å². The topological polar surface area (TPSA) is 98.7 Å². The first-order valence-electron chi connectivity index (χ1n) is 6.51. The molecule has 7 heteroatoms. The number of carboxylic acids is 1. The SMILES string of the molecule is CCN(C)C(=O)C(C)NC(=O)Nc1ccc(C(=O)O)cc1. The molecule has 1 atom stereocenters. The van der Waals surface area contributed by atoms with E-state index in [4.69, 9.17) is 5.11 Å². The summed E-state index contributed by atoms with van der Waals surface area (Å²) in [5.41, 5.74) is 0.579. The molecule has 0 bridgehead atoms. The molecule has 0 fully saturated rings. The van der Waals surface area contributed by atoms with Gasteiger partial charge < -0.3 is 20.6 Å². The Morgan fingerprint density at radius 2 is 1.81 bits per heavy atom. The number of benzene rings is 1. The molecule has 0 spiro atoms. The van der Waals surface area contributed by atoms with Crippen LogP contribution in [0, 0.1) is 0 Å². The summed E-state index contributed by atoms with van der Waals surface area (Å²) in [4.78, 5) is 35.8. The second kappa shape index (κ2) is 7.28. The average molecular weight is 293 g/mol. The Labute approximate surface area is 122 Å². The second-order valence-electron chi connectivity index (χ2n) is 4.56. The van der Waals surface area contributed by atoms with Crippen LogP contribution in [-0.4, -0.2) is 47.5 Å². The molecule has 21 heavy (non-hydrogen) atoms. The summed E-state index contributed by atoms with van der Waals surface area (Å²) >= 11 is 0. The molecule has 1 aromatic rings. The number of carbonyl (C=O) groups excluding carboxylic acids is 2. The van der Waals surface area contributed by atoms with E-state index in [-0.39, 0.29) is 11.5 Å². The van der Waals surface area contributed by atoms with E-state index in [1.165, 1.54) is 29.2 Å². The smallest absolute Gasteiger partial charge is 0.335 e. The summed E-state index contributed by atoms with van der Waals surface area (Å²) in [7, 11) is 1.66. The Kier molecular flexibility index (Phi) is 5.71. The number of likely N-dealkylation sites (N-methyl/N-ethyl adjacent to an activating group) is 1. The van der Waals surface area contributed by atoms with Crippen molar-refractivity contribution in [3.63, 3.8) is 0 Å². The van der Waals surface area contributed by atoms with Crippen LogP contribution >= 0.6 is 0 Å². The van der Waals surface area contributed by atoms with Gasteiger partial charge in [-0.1, -0.05) is 0 Å². The highest BCUT2D eigenvalue weighted by molar-refractivity contribution is 5.94. The Morgan fingerprint density at radius 3 is 2.29 bits per heavy atom. The van der Waals surface area contributed by atoms with Crippen molar-refractivity contribution in [2.24, 2.45) is 0 Å². The molecule has 0 saturated carbocycles. The first-order chi connectivity index (χ1) is 9.85. The fourth-order valence-corrected chi connectivity index (χ4v) is 1.61. The third kappa shape index (κ3) is 4.79. The van der Waals surface area contributed by atoms with Crippen LogP contribution in [0.25, 0.3) is 0 Å². The van der Waals surface area contributed by atoms with E-state index < -0.39 is 18.0 Å². The standard InChI is InChI=1S/C14H19N3O4/c1-4-17(3)12(18)9(2)15-14(21)16-11-7-5-10(6-8-11)13(19)20/h5-9H,4H2,1-3H3,(H,19,20)(H2,15,16,21). The highest BCUT2D eigenvalue weighted by Crippen LogP contribution is 2.09. The fraction of sp³-hybridized carbons (Fsp3) is 0.357. The molecule has 114 valence electrons. The molecular weight excluding hydrogens is 274 g/mol. The van der Waals surface area contributed by atoms with Gasteiger partial charge in [-0.2, -0.15) is 0 Å². The predicted octanol–water partition coefficient (Wildman–Crippen LogP) is 1.37. The third-order valence-corrected chi connectivity index (χ3v) is 2.96. The molecule has 1 aromatic carbocycles. The largest absolute Gasteiger partial charge is 0.478 e. The molecule has 0 aliphatic rings. The monoisotopic (exact) mass is 293 g/mol. The van der Waals surface area contributed by atoms with Crippen LogP contribution in [0.4, 0.5) is 10.5 Å². The van der Waals surface area contributed by atoms with Crippen molar-refractivity contribution in [1.29, 1.82) is 0 Å². The van der Waals surface area contributed by atoms with Crippen molar-refractivity contribution in [3.05, 3.63) is 29.8 Å². The van der Waals surface area contributed by atoms with Gasteiger partial charge in [-0.15, -0.1) is 0 Å². The van der Waals surface area contributed by atoms with Gasteiger partial charge in [0.2, 0.25) is 5.91 Å². The second-order valence-corrected chi connectivity index (χ2v) is 4.56. The van der Waals surface area contributed by atoms with Crippen LogP contribution in [0.1, 0.15) is 24.2 Å². The van der Waals surface area contributed by atoms with Gasteiger partial charge in [0.15, 0.2) is 0 Å². The zero-order chi connectivity index (χ0) is 16.0. The maximum Gasteiger partial charge on any atom is 0.335 e. The Hall–Kier alpha value is -2.57. The van der Waals surface area contributed by atoms with Crippen molar-refractivity contribution in [2.75, 3.05) is 18.9 Å². The maximum atomic E-state index is 11.8. The molecule has 3 N–H and O–H groups in total. The van der Waals surface area contributed by atoms with Crippen molar-refractivity contribution < 1.29 is 19.5 Å². The van der Waals surface area contributed by atoms with Gasteiger partial charge in [0, 0.05) is 19.3 Å². The molecular formula is C14H19N3O4. The number of nitrogens with zero attached hydrogens (tertiary/aromatic N) is 1. The molecule has 0 aromatic heterocycles. The van der Waals surface area contributed by atoms with Crippen molar-refractivity contribution in [1.82, 2.24) is 10.2 Å². The van der Waals surface area contributed by atoms with E-state index >= 15 is 0 Å². The fourth-order valence-electron chi connectivity index (χ4n) is 1.61. The molecule has 3 amide bonds. The summed E-state index contributed by atoms with van der Waals surface area (Å²) in [5, 5.41) is 13.8. The van der Waals surface area contributed by atoms with Crippen LogP contribution in [0.2, 0.25) is 0 Å². The van der Waals surface area contributed by atoms with E-state index in [2.05, 4.69) is 10.6 Å². The molecule has 0 aliphatic heterocycles. The van der Waals surface area contributed by atoms with Gasteiger partial charge >= 0.3 is 12.0 Å². The normalized spacial score (nSPS) is 11.4. The van der Waals surface area contributed by atoms with Gasteiger partial charge in [0.05, 0.1) is 5.56 Å². The number of hydrogen-bond donors (Lipinski definition) is 3. The van der Waals surface area contributed by atoms with Crippen molar-refractivity contribution in [3.8, 4) is 0 Å². The number of aromatic carboxylic acids is 1. The lowest BCUT2D eigenvalue weighted by molar-refractivity contribution is -0.131. The first kappa shape index (κ1) is 16.5. The quantitative estimate of drug-likeness (QED) is 0.763. The van der Waals surface area contributed by atoms with Crippen LogP contribution < -0.4 is 10.6 Å². The van der Waals surface area contributed by atoms with Gasteiger partial charge in [-0.05, 0) is 38.1 Å². The Morgan fingerprint density at radius 1 is 1.24 bits per heavy atom. The number of anilines is 1. The predicted molar refractivity (Wildman–Crippen MR) is 78.3 cm³/mol. The summed E-state index contributed by atoms with van der Waals surface area (Å²) in [6.45, 7) is 4.00. The first-order valence-corrected chi connectivity index (χ1v) is 6.51. The molecule has 0 radical (unpaired) electrons. The molecule has 1 unspecified atom stereocenters. The van der Waals surface area contributed by atoms with Gasteiger partial charge in [-0.3, -0.25) is 4.79 Å². The lowest BCUT2D eigenvalue weighted by Crippen LogP contribution is -2.46. The van der Waals surface area contributed by atoms with Crippen LogP contribution in [-0.2, 0) is 4.79 Å². The van der Waals surface area contributed by atoms with E-state index in [1.54, 1.807) is 14.0 Å². The Balaban J connectivity index is 2.57. The van der Waals surface area contributed by atoms with E-state index in [0.29, 0.717) is 12.2 Å². The number of rotatable bonds is 5. The van der Waals surface area contributed by atoms with Crippen LogP contribution in [0.3, 0.4) is 0 Å². The average Bonchev–Trinajstić information content (AvgIpc) is 2.45. The number of urea groups is 1. The molecule has 7 nitrogen and oxygen atoms in total. The van der Waals surface area contributed by atoms with Crippen molar-refractivity contribution in [2.45, 2.75) is 19.9 Å². The van der Waals surface area contributed by atoms with Gasteiger partial charge in [-0.25, -0.2) is 9.59 Å². The minimum Gasteiger partial charge on any atom is -0.478 e. The summed E-state index contributed by atoms with van der Waals surface area (Å²) in [5.74, 6) is -1.22. The minimum atomic E-state index is -1.03. The molecule has 0 aliphatic carbocycles. The molecule has 0 saturated heterocycles. The van der Waals surface area contributed by atoms with Crippen molar-refractivity contribution >= 4 is 23.6 Å². The minimum absolute atomic E-state index is 0.133. The number of carboxylic acid groups (broad SMARTS) is 1. The lowest BCUT2D eigenvalue weighted by Gasteiger charge is -2.20. The highest BCUT2D eigenvalue weighted by atomic mass is 16.4. The van der Waals surface area contributed by atoms with Crippen LogP contribution in [0.5, 0.6) is 0 Å².